The van der Waals surface area contributed by atoms with Gasteiger partial charge in [-0.1, -0.05) is 18.2 Å². The topological polar surface area (TPSA) is 65.7 Å². The maximum atomic E-state index is 9.41. The minimum Gasteiger partial charge on any atom is -0.493 e. The number of aromatic nitrogens is 2. The highest BCUT2D eigenvalue weighted by atomic mass is 32.2. The molecule has 0 spiro atoms. The summed E-state index contributed by atoms with van der Waals surface area (Å²) in [6.07, 6.45) is 0. The monoisotopic (exact) mass is 374 g/mol. The summed E-state index contributed by atoms with van der Waals surface area (Å²) >= 11 is 1.48. The molecule has 0 fully saturated rings. The Kier molecular flexibility index (Phi) is 5.90. The fraction of sp³-hybridized carbons (Fsp3) is 0.316. The summed E-state index contributed by atoms with van der Waals surface area (Å²) in [6.45, 7) is 2.47. The SMILES string of the molecule is COc1cccc(OC)c1OC(C)Sc1nc2ccccc2n1CCO. The van der Waals surface area contributed by atoms with Gasteiger partial charge in [0, 0.05) is 6.54 Å². The fourth-order valence-electron chi connectivity index (χ4n) is 2.73. The molecule has 0 saturated heterocycles. The van der Waals surface area contributed by atoms with Gasteiger partial charge in [0.1, 0.15) is 5.44 Å². The third-order valence-corrected chi connectivity index (χ3v) is 4.83. The van der Waals surface area contributed by atoms with Crippen LogP contribution in [0.15, 0.2) is 47.6 Å². The lowest BCUT2D eigenvalue weighted by molar-refractivity contribution is 0.264. The van der Waals surface area contributed by atoms with Crippen molar-refractivity contribution in [2.24, 2.45) is 0 Å². The summed E-state index contributed by atoms with van der Waals surface area (Å²) in [5.74, 6) is 1.78. The van der Waals surface area contributed by atoms with Crippen molar-refractivity contribution in [3.05, 3.63) is 42.5 Å². The van der Waals surface area contributed by atoms with Crippen LogP contribution in [0.1, 0.15) is 6.92 Å². The molecule has 0 saturated carbocycles. The van der Waals surface area contributed by atoms with Crippen molar-refractivity contribution in [1.82, 2.24) is 9.55 Å². The molecule has 1 atom stereocenters. The Bertz CT molecular complexity index is 859. The van der Waals surface area contributed by atoms with Gasteiger partial charge < -0.3 is 23.9 Å². The number of para-hydroxylation sites is 3. The van der Waals surface area contributed by atoms with Crippen LogP contribution in [-0.2, 0) is 6.54 Å². The molecule has 0 bridgehead atoms. The molecule has 7 heteroatoms. The second-order valence-electron chi connectivity index (χ2n) is 5.55. The van der Waals surface area contributed by atoms with Crippen molar-refractivity contribution in [2.45, 2.75) is 24.1 Å². The van der Waals surface area contributed by atoms with Crippen molar-refractivity contribution in [3.63, 3.8) is 0 Å². The molecule has 0 aliphatic heterocycles. The third kappa shape index (κ3) is 3.73. The van der Waals surface area contributed by atoms with Crippen molar-refractivity contribution in [2.75, 3.05) is 20.8 Å². The van der Waals surface area contributed by atoms with Crippen LogP contribution in [0.3, 0.4) is 0 Å². The van der Waals surface area contributed by atoms with Gasteiger partial charge in [-0.2, -0.15) is 0 Å². The Morgan fingerprint density at radius 1 is 1.08 bits per heavy atom. The number of rotatable bonds is 8. The van der Waals surface area contributed by atoms with Crippen LogP contribution in [0.2, 0.25) is 0 Å². The number of ether oxygens (including phenoxy) is 3. The summed E-state index contributed by atoms with van der Waals surface area (Å²) in [5.41, 5.74) is 1.64. The Labute approximate surface area is 156 Å². The van der Waals surface area contributed by atoms with Gasteiger partial charge in [0.2, 0.25) is 5.75 Å². The average molecular weight is 374 g/mol. The normalized spacial score (nSPS) is 12.2. The van der Waals surface area contributed by atoms with Crippen LogP contribution in [0.4, 0.5) is 0 Å². The van der Waals surface area contributed by atoms with Crippen LogP contribution in [0.5, 0.6) is 17.2 Å². The molecule has 1 N–H and O–H groups in total. The van der Waals surface area contributed by atoms with E-state index in [1.165, 1.54) is 11.8 Å². The number of methoxy groups -OCH3 is 2. The third-order valence-electron chi connectivity index (χ3n) is 3.88. The minimum absolute atomic E-state index is 0.0451. The van der Waals surface area contributed by atoms with E-state index in [0.717, 1.165) is 16.2 Å². The van der Waals surface area contributed by atoms with E-state index in [4.69, 9.17) is 14.2 Å². The van der Waals surface area contributed by atoms with Gasteiger partial charge in [-0.05, 0) is 43.0 Å². The van der Waals surface area contributed by atoms with Crippen LogP contribution < -0.4 is 14.2 Å². The van der Waals surface area contributed by atoms with Gasteiger partial charge in [0.25, 0.3) is 0 Å². The van der Waals surface area contributed by atoms with Gasteiger partial charge in [-0.3, -0.25) is 0 Å². The minimum atomic E-state index is -0.241. The summed E-state index contributed by atoms with van der Waals surface area (Å²) in [6, 6.07) is 13.4. The Balaban J connectivity index is 1.86. The predicted octanol–water partition coefficient (Wildman–Crippen LogP) is 3.56. The molecule has 3 aromatic rings. The van der Waals surface area contributed by atoms with Crippen LogP contribution in [-0.4, -0.2) is 40.9 Å². The van der Waals surface area contributed by atoms with Gasteiger partial charge in [0.05, 0.1) is 31.9 Å². The summed E-state index contributed by atoms with van der Waals surface area (Å²) in [4.78, 5) is 4.67. The average Bonchev–Trinajstić information content (AvgIpc) is 2.99. The van der Waals surface area contributed by atoms with E-state index in [1.54, 1.807) is 14.2 Å². The van der Waals surface area contributed by atoms with E-state index in [2.05, 4.69) is 4.98 Å². The van der Waals surface area contributed by atoms with Crippen molar-refractivity contribution in [1.29, 1.82) is 0 Å². The Hall–Kier alpha value is -2.38. The number of hydrogen-bond acceptors (Lipinski definition) is 6. The van der Waals surface area contributed by atoms with E-state index in [1.807, 2.05) is 54.0 Å². The predicted molar refractivity (Wildman–Crippen MR) is 102 cm³/mol. The van der Waals surface area contributed by atoms with Crippen LogP contribution in [0, 0.1) is 0 Å². The summed E-state index contributed by atoms with van der Waals surface area (Å²) < 4.78 is 18.9. The number of aliphatic hydroxyl groups excluding tert-OH is 1. The van der Waals surface area contributed by atoms with Crippen molar-refractivity contribution in [3.8, 4) is 17.2 Å². The molecule has 26 heavy (non-hydrogen) atoms. The molecule has 1 heterocycles. The highest BCUT2D eigenvalue weighted by molar-refractivity contribution is 7.99. The van der Waals surface area contributed by atoms with Gasteiger partial charge in [0.15, 0.2) is 16.7 Å². The van der Waals surface area contributed by atoms with Crippen LogP contribution in [0.25, 0.3) is 11.0 Å². The standard InChI is InChI=1S/C19H22N2O4S/c1-13(25-18-16(23-2)9-6-10-17(18)24-3)26-19-20-14-7-4-5-8-15(14)21(19)11-12-22/h4-10,13,22H,11-12H2,1-3H3. The first kappa shape index (κ1) is 18.4. The van der Waals surface area contributed by atoms with Crippen LogP contribution >= 0.6 is 11.8 Å². The maximum absolute atomic E-state index is 9.41. The van der Waals surface area contributed by atoms with Gasteiger partial charge >= 0.3 is 0 Å². The first-order valence-corrected chi connectivity index (χ1v) is 9.16. The molecule has 2 aromatic carbocycles. The lowest BCUT2D eigenvalue weighted by atomic mass is 10.3. The van der Waals surface area contributed by atoms with Crippen molar-refractivity contribution < 1.29 is 19.3 Å². The molecule has 1 unspecified atom stereocenters. The second-order valence-corrected chi connectivity index (χ2v) is 6.82. The Morgan fingerprint density at radius 2 is 1.77 bits per heavy atom. The number of hydrogen-bond donors (Lipinski definition) is 1. The molecule has 0 aliphatic carbocycles. The maximum Gasteiger partial charge on any atom is 0.204 e. The zero-order chi connectivity index (χ0) is 18.5. The zero-order valence-electron chi connectivity index (χ0n) is 15.0. The smallest absolute Gasteiger partial charge is 0.204 e. The molecule has 0 amide bonds. The molecule has 3 rings (SSSR count). The lowest BCUT2D eigenvalue weighted by Crippen LogP contribution is -2.11. The molecule has 0 radical (unpaired) electrons. The quantitative estimate of drug-likeness (QED) is 0.480. The first-order chi connectivity index (χ1) is 12.7. The van der Waals surface area contributed by atoms with E-state index in [0.29, 0.717) is 23.8 Å². The number of nitrogens with zero attached hydrogens (tertiary/aromatic N) is 2. The largest absolute Gasteiger partial charge is 0.493 e. The number of aliphatic hydroxyl groups is 1. The van der Waals surface area contributed by atoms with E-state index in [9.17, 15) is 5.11 Å². The molecular weight excluding hydrogens is 352 g/mol. The number of thioether (sulfide) groups is 1. The van der Waals surface area contributed by atoms with E-state index in [-0.39, 0.29) is 12.0 Å². The summed E-state index contributed by atoms with van der Waals surface area (Å²) in [7, 11) is 3.19. The number of fused-ring (bicyclic) bond motifs is 1. The van der Waals surface area contributed by atoms with Gasteiger partial charge in [-0.15, -0.1) is 0 Å². The lowest BCUT2D eigenvalue weighted by Gasteiger charge is -2.18. The number of imidazole rings is 1. The Morgan fingerprint density at radius 3 is 2.42 bits per heavy atom. The zero-order valence-corrected chi connectivity index (χ0v) is 15.8. The molecular formula is C19H22N2O4S. The molecule has 0 aliphatic rings. The number of benzene rings is 2. The van der Waals surface area contributed by atoms with E-state index < -0.39 is 0 Å². The fourth-order valence-corrected chi connectivity index (χ4v) is 3.64. The first-order valence-electron chi connectivity index (χ1n) is 8.28. The van der Waals surface area contributed by atoms with Gasteiger partial charge in [-0.25, -0.2) is 4.98 Å². The molecule has 6 nitrogen and oxygen atoms in total. The highest BCUT2D eigenvalue weighted by Gasteiger charge is 2.19. The molecule has 138 valence electrons. The highest BCUT2D eigenvalue weighted by Crippen LogP contribution is 2.39. The summed E-state index contributed by atoms with van der Waals surface area (Å²) in [5, 5.41) is 10.2. The van der Waals surface area contributed by atoms with E-state index >= 15 is 0 Å². The van der Waals surface area contributed by atoms with Crippen molar-refractivity contribution >= 4 is 22.8 Å². The molecule has 1 aromatic heterocycles. The second kappa shape index (κ2) is 8.33.